The molecule has 134 valence electrons. The van der Waals surface area contributed by atoms with Crippen LogP contribution in [0.3, 0.4) is 0 Å². The van der Waals surface area contributed by atoms with Crippen LogP contribution in [0.5, 0.6) is 5.75 Å². The molecule has 0 aliphatic rings. The summed E-state index contributed by atoms with van der Waals surface area (Å²) in [5.74, 6) is 0.0849. The standard InChI is InChI=1S/C19H15N5O3/c25-18-10-9-14(12-17(18)24(26)27)13-21-23-19(16-8-4-5-11-20-16)22-15-6-2-1-3-7-15/h1-13,25H,(H,22,23)/p+1/b21-13+. The van der Waals surface area contributed by atoms with Gasteiger partial charge in [0.25, 0.3) is 0 Å². The van der Waals surface area contributed by atoms with E-state index in [1.807, 2.05) is 48.5 Å². The monoisotopic (exact) mass is 362 g/mol. The number of nitro groups is 1. The number of hydrogen-bond donors (Lipinski definition) is 2. The molecule has 0 atom stereocenters. The van der Waals surface area contributed by atoms with E-state index in [2.05, 4.69) is 20.5 Å². The van der Waals surface area contributed by atoms with E-state index >= 15 is 0 Å². The zero-order valence-corrected chi connectivity index (χ0v) is 14.1. The van der Waals surface area contributed by atoms with Gasteiger partial charge in [0.2, 0.25) is 11.5 Å². The number of hydrazone groups is 1. The number of para-hydroxylation sites is 1. The molecule has 0 radical (unpaired) electrons. The second-order valence-electron chi connectivity index (χ2n) is 5.45. The number of nitrogens with one attached hydrogen (secondary N) is 2. The van der Waals surface area contributed by atoms with Gasteiger partial charge >= 0.3 is 5.69 Å². The van der Waals surface area contributed by atoms with Crippen molar-refractivity contribution in [3.63, 3.8) is 0 Å². The van der Waals surface area contributed by atoms with Crippen molar-refractivity contribution < 1.29 is 15.0 Å². The van der Waals surface area contributed by atoms with Crippen LogP contribution in [-0.4, -0.2) is 22.1 Å². The van der Waals surface area contributed by atoms with Crippen molar-refractivity contribution in [1.29, 1.82) is 0 Å². The molecule has 0 aliphatic heterocycles. The predicted octanol–water partition coefficient (Wildman–Crippen LogP) is 2.82. The average Bonchev–Trinajstić information content (AvgIpc) is 2.69. The van der Waals surface area contributed by atoms with Crippen molar-refractivity contribution in [2.45, 2.75) is 0 Å². The molecule has 8 heteroatoms. The summed E-state index contributed by atoms with van der Waals surface area (Å²) in [4.78, 5) is 17.9. The van der Waals surface area contributed by atoms with E-state index < -0.39 is 10.7 Å². The Kier molecular flexibility index (Phi) is 5.48. The zero-order valence-electron chi connectivity index (χ0n) is 14.1. The summed E-state index contributed by atoms with van der Waals surface area (Å²) in [6.45, 7) is 0. The van der Waals surface area contributed by atoms with Gasteiger partial charge in [0.15, 0.2) is 11.9 Å². The van der Waals surface area contributed by atoms with Crippen LogP contribution in [0.15, 0.2) is 83.0 Å². The Morgan fingerprint density at radius 1 is 1.11 bits per heavy atom. The molecule has 27 heavy (non-hydrogen) atoms. The number of aromatic amines is 1. The second kappa shape index (κ2) is 8.34. The smallest absolute Gasteiger partial charge is 0.311 e. The number of amidine groups is 1. The van der Waals surface area contributed by atoms with E-state index in [1.165, 1.54) is 24.4 Å². The number of phenols is 1. The third-order valence-electron chi connectivity index (χ3n) is 3.54. The first-order valence-electron chi connectivity index (χ1n) is 8.01. The molecule has 2 aromatic carbocycles. The van der Waals surface area contributed by atoms with Gasteiger partial charge in [-0.15, -0.1) is 0 Å². The van der Waals surface area contributed by atoms with E-state index in [0.717, 1.165) is 11.4 Å². The van der Waals surface area contributed by atoms with Crippen LogP contribution in [0.1, 0.15) is 11.3 Å². The fourth-order valence-electron chi connectivity index (χ4n) is 2.25. The summed E-state index contributed by atoms with van der Waals surface area (Å²) < 4.78 is 0. The number of H-pyrrole nitrogens is 1. The van der Waals surface area contributed by atoms with Crippen molar-refractivity contribution in [1.82, 2.24) is 5.43 Å². The molecule has 0 saturated heterocycles. The summed E-state index contributed by atoms with van der Waals surface area (Å²) in [6.07, 6.45) is 3.18. The van der Waals surface area contributed by atoms with Gasteiger partial charge in [0.1, 0.15) is 0 Å². The summed E-state index contributed by atoms with van der Waals surface area (Å²) in [5, 5.41) is 24.5. The third kappa shape index (κ3) is 4.73. The summed E-state index contributed by atoms with van der Waals surface area (Å²) in [7, 11) is 0. The van der Waals surface area contributed by atoms with Crippen LogP contribution in [0.2, 0.25) is 0 Å². The summed E-state index contributed by atoms with van der Waals surface area (Å²) in [6, 6.07) is 18.9. The lowest BCUT2D eigenvalue weighted by molar-refractivity contribution is -0.385. The number of nitro benzene ring substituents is 1. The van der Waals surface area contributed by atoms with Crippen molar-refractivity contribution in [2.75, 3.05) is 0 Å². The lowest BCUT2D eigenvalue weighted by atomic mass is 10.2. The molecule has 0 amide bonds. The Morgan fingerprint density at radius 3 is 2.59 bits per heavy atom. The van der Waals surface area contributed by atoms with Crippen LogP contribution < -0.4 is 10.4 Å². The van der Waals surface area contributed by atoms with E-state index in [-0.39, 0.29) is 5.69 Å². The lowest BCUT2D eigenvalue weighted by Crippen LogP contribution is -2.26. The molecule has 3 N–H and O–H groups in total. The van der Waals surface area contributed by atoms with Crippen LogP contribution in [0.4, 0.5) is 11.4 Å². The first kappa shape index (κ1) is 17.7. The molecule has 0 unspecified atom stereocenters. The Labute approximate surface area is 154 Å². The van der Waals surface area contributed by atoms with Crippen LogP contribution in [0, 0.1) is 10.1 Å². The van der Waals surface area contributed by atoms with Gasteiger partial charge in [-0.2, -0.15) is 5.10 Å². The van der Waals surface area contributed by atoms with Gasteiger partial charge in [-0.3, -0.25) is 15.5 Å². The zero-order chi connectivity index (χ0) is 19.1. The number of pyridine rings is 1. The quantitative estimate of drug-likeness (QED) is 0.314. The maximum absolute atomic E-state index is 10.9. The molecule has 3 rings (SSSR count). The topological polar surface area (TPSA) is 114 Å². The Morgan fingerprint density at radius 2 is 1.89 bits per heavy atom. The van der Waals surface area contributed by atoms with Gasteiger partial charge in [0, 0.05) is 23.8 Å². The first-order valence-corrected chi connectivity index (χ1v) is 8.01. The van der Waals surface area contributed by atoms with Crippen LogP contribution in [0.25, 0.3) is 0 Å². The highest BCUT2D eigenvalue weighted by Crippen LogP contribution is 2.25. The fraction of sp³-hybridized carbons (Fsp3) is 0. The molecule has 0 aliphatic carbocycles. The van der Waals surface area contributed by atoms with E-state index in [9.17, 15) is 15.2 Å². The lowest BCUT2D eigenvalue weighted by Gasteiger charge is -2.02. The minimum Gasteiger partial charge on any atom is -0.502 e. The number of aromatic hydroxyl groups is 1. The minimum absolute atomic E-state index is 0.381. The van der Waals surface area contributed by atoms with Crippen molar-refractivity contribution in [3.8, 4) is 5.75 Å². The molecular weight excluding hydrogens is 346 g/mol. The second-order valence-corrected chi connectivity index (χ2v) is 5.45. The fourth-order valence-corrected chi connectivity index (χ4v) is 2.25. The predicted molar refractivity (Wildman–Crippen MR) is 101 cm³/mol. The summed E-state index contributed by atoms with van der Waals surface area (Å²) in [5.41, 5.74) is 4.39. The highest BCUT2D eigenvalue weighted by molar-refractivity contribution is 5.97. The number of hydrogen-bond acceptors (Lipinski definition) is 5. The number of aliphatic imine (C=N–C) groups is 1. The SMILES string of the molecule is O=[N+]([O-])c1cc(/C=N/NC(=Nc2ccccc2)c2cccc[nH+]2)ccc1O. The molecule has 0 bridgehead atoms. The highest BCUT2D eigenvalue weighted by Gasteiger charge is 2.13. The third-order valence-corrected chi connectivity index (χ3v) is 3.54. The first-order chi connectivity index (χ1) is 13.1. The molecule has 1 heterocycles. The average molecular weight is 362 g/mol. The molecule has 3 aromatic rings. The van der Waals surface area contributed by atoms with Crippen molar-refractivity contribution >= 4 is 23.4 Å². The van der Waals surface area contributed by atoms with Crippen LogP contribution in [-0.2, 0) is 0 Å². The van der Waals surface area contributed by atoms with Gasteiger partial charge in [-0.25, -0.2) is 9.98 Å². The van der Waals surface area contributed by atoms with E-state index in [1.54, 1.807) is 6.20 Å². The van der Waals surface area contributed by atoms with Gasteiger partial charge in [0.05, 0.1) is 16.8 Å². The van der Waals surface area contributed by atoms with E-state index in [4.69, 9.17) is 0 Å². The highest BCUT2D eigenvalue weighted by atomic mass is 16.6. The number of aromatic nitrogens is 1. The Balaban J connectivity index is 1.85. The number of rotatable bonds is 5. The minimum atomic E-state index is -0.651. The number of benzene rings is 2. The maximum Gasteiger partial charge on any atom is 0.311 e. The van der Waals surface area contributed by atoms with Gasteiger partial charge < -0.3 is 5.11 Å². The summed E-state index contributed by atoms with van der Waals surface area (Å²) >= 11 is 0. The maximum atomic E-state index is 10.9. The van der Waals surface area contributed by atoms with E-state index in [0.29, 0.717) is 11.4 Å². The molecule has 0 saturated carbocycles. The number of phenolic OH excluding ortho intramolecular Hbond substituents is 1. The van der Waals surface area contributed by atoms with Gasteiger partial charge in [-0.05, 0) is 30.3 Å². The molecule has 0 fully saturated rings. The number of nitrogens with zero attached hydrogens (tertiary/aromatic N) is 3. The Bertz CT molecular complexity index is 989. The van der Waals surface area contributed by atoms with Crippen LogP contribution >= 0.6 is 0 Å². The molecule has 0 spiro atoms. The molecular formula is C19H16N5O3+. The molecule has 8 nitrogen and oxygen atoms in total. The largest absolute Gasteiger partial charge is 0.502 e. The molecule has 1 aromatic heterocycles. The normalized spacial score (nSPS) is 11.5. The Hall–Kier alpha value is -4.07. The van der Waals surface area contributed by atoms with Gasteiger partial charge in [-0.1, -0.05) is 18.2 Å². The van der Waals surface area contributed by atoms with Crippen molar-refractivity contribution in [2.24, 2.45) is 10.1 Å². The van der Waals surface area contributed by atoms with Crippen molar-refractivity contribution in [3.05, 3.63) is 94.3 Å².